The number of fused-ring (bicyclic) bond motifs is 1. The maximum atomic E-state index is 8.79. The zero-order chi connectivity index (χ0) is 13.9. The lowest BCUT2D eigenvalue weighted by atomic mass is 10.2. The monoisotopic (exact) mass is 282 g/mol. The summed E-state index contributed by atoms with van der Waals surface area (Å²) in [5.41, 5.74) is 3.91. The largest absolute Gasteiger partial charge is 0.340 e. The maximum absolute atomic E-state index is 8.79. The molecule has 3 aromatic rings. The lowest BCUT2D eigenvalue weighted by Gasteiger charge is -2.08. The van der Waals surface area contributed by atoms with E-state index in [1.807, 2.05) is 23.6 Å². The number of nitrogens with one attached hydrogen (secondary N) is 2. The van der Waals surface area contributed by atoms with Gasteiger partial charge in [0.1, 0.15) is 10.6 Å². The summed E-state index contributed by atoms with van der Waals surface area (Å²) < 4.78 is 0. The van der Waals surface area contributed by atoms with Crippen molar-refractivity contribution in [3.05, 3.63) is 41.3 Å². The van der Waals surface area contributed by atoms with Gasteiger partial charge < -0.3 is 5.32 Å². The zero-order valence-corrected chi connectivity index (χ0v) is 11.1. The molecule has 0 bridgehead atoms. The van der Waals surface area contributed by atoms with Gasteiger partial charge in [0.25, 0.3) is 0 Å². The first-order chi connectivity index (χ1) is 9.80. The van der Waals surface area contributed by atoms with E-state index in [1.54, 1.807) is 12.1 Å². The zero-order valence-electron chi connectivity index (χ0n) is 10.3. The highest BCUT2D eigenvalue weighted by Crippen LogP contribution is 2.28. The molecule has 6 nitrogen and oxygen atoms in total. The number of hydrogen-bond acceptors (Lipinski definition) is 7. The number of nitrogens with two attached hydrogens (primary N) is 1. The Morgan fingerprint density at radius 1 is 1.15 bits per heavy atom. The Kier molecular flexibility index (Phi) is 3.16. The molecule has 0 aliphatic rings. The van der Waals surface area contributed by atoms with Crippen molar-refractivity contribution in [2.24, 2.45) is 5.84 Å². The molecule has 4 N–H and O–H groups in total. The molecule has 0 atom stereocenters. The number of benzene rings is 1. The first-order valence-corrected chi connectivity index (χ1v) is 6.67. The Balaban J connectivity index is 2.00. The van der Waals surface area contributed by atoms with Crippen LogP contribution in [0.3, 0.4) is 0 Å². The van der Waals surface area contributed by atoms with Crippen molar-refractivity contribution in [1.82, 2.24) is 9.97 Å². The number of aromatic nitrogens is 2. The third-order valence-corrected chi connectivity index (χ3v) is 3.54. The van der Waals surface area contributed by atoms with Crippen LogP contribution in [0.5, 0.6) is 0 Å². The van der Waals surface area contributed by atoms with Crippen molar-refractivity contribution in [3.63, 3.8) is 0 Å². The molecular weight excluding hydrogens is 272 g/mol. The molecule has 0 amide bonds. The smallest absolute Gasteiger partial charge is 0.240 e. The van der Waals surface area contributed by atoms with Crippen molar-refractivity contribution in [2.75, 3.05) is 10.7 Å². The normalized spacial score (nSPS) is 10.2. The Morgan fingerprint density at radius 3 is 2.65 bits per heavy atom. The topological polar surface area (TPSA) is 99.7 Å². The minimum atomic E-state index is 0.357. The van der Waals surface area contributed by atoms with Crippen molar-refractivity contribution < 1.29 is 0 Å². The average molecular weight is 282 g/mol. The van der Waals surface area contributed by atoms with E-state index < -0.39 is 0 Å². The molecule has 0 aliphatic carbocycles. The van der Waals surface area contributed by atoms with Gasteiger partial charge in [-0.2, -0.15) is 10.2 Å². The van der Waals surface area contributed by atoms with Gasteiger partial charge in [0, 0.05) is 5.69 Å². The number of thiophene rings is 1. The number of hydrogen-bond donors (Lipinski definition) is 3. The third kappa shape index (κ3) is 2.25. The SMILES string of the molecule is N#Cc1ccc(Nc2nc(NN)nc3sccc23)cc1. The quantitative estimate of drug-likeness (QED) is 0.504. The van der Waals surface area contributed by atoms with Crippen LogP contribution in [-0.4, -0.2) is 9.97 Å². The molecule has 20 heavy (non-hydrogen) atoms. The summed E-state index contributed by atoms with van der Waals surface area (Å²) in [6.07, 6.45) is 0. The average Bonchev–Trinajstić information content (AvgIpc) is 2.96. The van der Waals surface area contributed by atoms with E-state index >= 15 is 0 Å². The predicted molar refractivity (Wildman–Crippen MR) is 79.7 cm³/mol. The van der Waals surface area contributed by atoms with E-state index in [1.165, 1.54) is 11.3 Å². The molecule has 0 fully saturated rings. The van der Waals surface area contributed by atoms with Crippen LogP contribution in [0.2, 0.25) is 0 Å². The fraction of sp³-hybridized carbons (Fsp3) is 0. The second-order valence-electron chi connectivity index (χ2n) is 3.99. The third-order valence-electron chi connectivity index (χ3n) is 2.73. The van der Waals surface area contributed by atoms with E-state index in [0.29, 0.717) is 17.3 Å². The van der Waals surface area contributed by atoms with Crippen molar-refractivity contribution in [2.45, 2.75) is 0 Å². The molecule has 2 heterocycles. The molecule has 0 saturated heterocycles. The van der Waals surface area contributed by atoms with Crippen LogP contribution in [-0.2, 0) is 0 Å². The van der Waals surface area contributed by atoms with Gasteiger partial charge in [-0.1, -0.05) is 0 Å². The first-order valence-electron chi connectivity index (χ1n) is 5.79. The van der Waals surface area contributed by atoms with Gasteiger partial charge in [-0.3, -0.25) is 5.43 Å². The number of rotatable bonds is 3. The maximum Gasteiger partial charge on any atom is 0.240 e. The highest BCUT2D eigenvalue weighted by atomic mass is 32.1. The highest BCUT2D eigenvalue weighted by Gasteiger charge is 2.08. The van der Waals surface area contributed by atoms with Crippen LogP contribution < -0.4 is 16.6 Å². The second kappa shape index (κ2) is 5.13. The van der Waals surface area contributed by atoms with Crippen LogP contribution in [0.25, 0.3) is 10.2 Å². The van der Waals surface area contributed by atoms with E-state index in [-0.39, 0.29) is 0 Å². The van der Waals surface area contributed by atoms with Crippen molar-refractivity contribution in [1.29, 1.82) is 5.26 Å². The van der Waals surface area contributed by atoms with Gasteiger partial charge in [0.15, 0.2) is 0 Å². The molecule has 0 aliphatic heterocycles. The first kappa shape index (κ1) is 12.3. The molecule has 0 unspecified atom stereocenters. The Bertz CT molecular complexity index is 787. The molecule has 2 aromatic heterocycles. The van der Waals surface area contributed by atoms with Gasteiger partial charge in [-0.15, -0.1) is 11.3 Å². The molecule has 1 aromatic carbocycles. The van der Waals surface area contributed by atoms with Gasteiger partial charge in [-0.05, 0) is 35.7 Å². The summed E-state index contributed by atoms with van der Waals surface area (Å²) in [7, 11) is 0. The van der Waals surface area contributed by atoms with Crippen molar-refractivity contribution >= 4 is 39.0 Å². The minimum absolute atomic E-state index is 0.357. The number of anilines is 3. The van der Waals surface area contributed by atoms with E-state index in [9.17, 15) is 0 Å². The summed E-state index contributed by atoms with van der Waals surface area (Å²) >= 11 is 1.52. The van der Waals surface area contributed by atoms with E-state index in [2.05, 4.69) is 26.8 Å². The molecule has 3 rings (SSSR count). The Hall–Kier alpha value is -2.69. The fourth-order valence-electron chi connectivity index (χ4n) is 1.78. The predicted octanol–water partition coefficient (Wildman–Crippen LogP) is 2.59. The standard InChI is InChI=1S/C13H10N6S/c14-7-8-1-3-9(4-2-8)16-11-10-5-6-20-12(10)18-13(17-11)19-15/h1-6H,15H2,(H2,16,17,18,19). The summed E-state index contributed by atoms with van der Waals surface area (Å²) in [6.45, 7) is 0. The number of nitrogen functional groups attached to an aromatic ring is 1. The summed E-state index contributed by atoms with van der Waals surface area (Å²) in [5.74, 6) is 6.41. The van der Waals surface area contributed by atoms with Crippen LogP contribution in [0.4, 0.5) is 17.5 Å². The number of nitriles is 1. The van der Waals surface area contributed by atoms with Gasteiger partial charge in [-0.25, -0.2) is 10.8 Å². The highest BCUT2D eigenvalue weighted by molar-refractivity contribution is 7.16. The van der Waals surface area contributed by atoms with Gasteiger partial charge >= 0.3 is 0 Å². The molecule has 0 spiro atoms. The van der Waals surface area contributed by atoms with Crippen LogP contribution in [0.1, 0.15) is 5.56 Å². The summed E-state index contributed by atoms with van der Waals surface area (Å²) in [5, 5.41) is 14.9. The molecule has 7 heteroatoms. The number of nitrogens with zero attached hydrogens (tertiary/aromatic N) is 3. The van der Waals surface area contributed by atoms with E-state index in [4.69, 9.17) is 11.1 Å². The van der Waals surface area contributed by atoms with Crippen LogP contribution in [0.15, 0.2) is 35.7 Å². The van der Waals surface area contributed by atoms with Gasteiger partial charge in [0.05, 0.1) is 17.0 Å². The molecule has 0 radical (unpaired) electrons. The van der Waals surface area contributed by atoms with Crippen LogP contribution >= 0.6 is 11.3 Å². The summed E-state index contributed by atoms with van der Waals surface area (Å²) in [4.78, 5) is 9.44. The lowest BCUT2D eigenvalue weighted by Crippen LogP contribution is -2.11. The molecule has 0 saturated carbocycles. The number of hydrazine groups is 1. The Labute approximate surface area is 118 Å². The van der Waals surface area contributed by atoms with E-state index in [0.717, 1.165) is 15.9 Å². The van der Waals surface area contributed by atoms with Crippen molar-refractivity contribution in [3.8, 4) is 6.07 Å². The lowest BCUT2D eigenvalue weighted by molar-refractivity contribution is 1.16. The van der Waals surface area contributed by atoms with Gasteiger partial charge in [0.2, 0.25) is 5.95 Å². The minimum Gasteiger partial charge on any atom is -0.340 e. The van der Waals surface area contributed by atoms with Crippen LogP contribution in [0, 0.1) is 11.3 Å². The fourth-order valence-corrected chi connectivity index (χ4v) is 2.54. The molecular formula is C13H10N6S. The summed E-state index contributed by atoms with van der Waals surface area (Å²) in [6, 6.07) is 11.2. The Morgan fingerprint density at radius 2 is 1.95 bits per heavy atom. The molecule has 98 valence electrons. The second-order valence-corrected chi connectivity index (χ2v) is 4.89.